The van der Waals surface area contributed by atoms with Crippen molar-refractivity contribution >= 4 is 48.0 Å². The summed E-state index contributed by atoms with van der Waals surface area (Å²) in [6.07, 6.45) is 2.29. The van der Waals surface area contributed by atoms with Crippen molar-refractivity contribution in [2.24, 2.45) is 0 Å². The number of nitrogens with zero attached hydrogens (tertiary/aromatic N) is 1. The first-order chi connectivity index (χ1) is 12.4. The maximum atomic E-state index is 12.5. The van der Waals surface area contributed by atoms with Crippen molar-refractivity contribution in [3.8, 4) is 0 Å². The zero-order valence-corrected chi connectivity index (χ0v) is 17.4. The van der Waals surface area contributed by atoms with E-state index in [0.29, 0.717) is 25.9 Å². The van der Waals surface area contributed by atoms with E-state index in [0.717, 1.165) is 16.7 Å². The molecule has 0 saturated carbocycles. The number of sulfonamides is 1. The molecule has 0 spiro atoms. The van der Waals surface area contributed by atoms with Gasteiger partial charge >= 0.3 is 0 Å². The van der Waals surface area contributed by atoms with Gasteiger partial charge in [-0.2, -0.15) is 0 Å². The van der Waals surface area contributed by atoms with E-state index in [1.54, 1.807) is 11.3 Å². The molecule has 1 N–H and O–H groups in total. The van der Waals surface area contributed by atoms with E-state index in [-0.39, 0.29) is 24.3 Å². The minimum Gasteiger partial charge on any atom is -0.384 e. The summed E-state index contributed by atoms with van der Waals surface area (Å²) in [6, 6.07) is 4.12. The molecule has 2 aromatic rings. The third-order valence-electron chi connectivity index (χ3n) is 4.57. The molecule has 1 fully saturated rings. The molecule has 3 heterocycles. The fraction of sp³-hybridized carbons (Fsp3) is 0.588. The number of thiophene rings is 2. The van der Waals surface area contributed by atoms with E-state index in [4.69, 9.17) is 4.74 Å². The SMILES string of the molecule is CCc1cc2cc(C(=O)NC3CCN(S(=O)(=O)CCOC)CC3)sc2s1. The van der Waals surface area contributed by atoms with Gasteiger partial charge in [0, 0.05) is 36.5 Å². The first kappa shape index (κ1) is 19.8. The summed E-state index contributed by atoms with van der Waals surface area (Å²) < 4.78 is 31.9. The molecule has 0 bridgehead atoms. The van der Waals surface area contributed by atoms with E-state index in [9.17, 15) is 13.2 Å². The predicted molar refractivity (Wildman–Crippen MR) is 107 cm³/mol. The second-order valence-electron chi connectivity index (χ2n) is 6.38. The van der Waals surface area contributed by atoms with Crippen LogP contribution in [-0.4, -0.2) is 57.2 Å². The highest BCUT2D eigenvalue weighted by Crippen LogP contribution is 2.33. The first-order valence-electron chi connectivity index (χ1n) is 8.73. The summed E-state index contributed by atoms with van der Waals surface area (Å²) in [6.45, 7) is 3.21. The summed E-state index contributed by atoms with van der Waals surface area (Å²) in [5, 5.41) is 4.20. The Kier molecular flexibility index (Phi) is 6.34. The quantitative estimate of drug-likeness (QED) is 0.753. The van der Waals surface area contributed by atoms with E-state index >= 15 is 0 Å². The maximum Gasteiger partial charge on any atom is 0.261 e. The van der Waals surface area contributed by atoms with E-state index in [1.807, 2.05) is 6.07 Å². The van der Waals surface area contributed by atoms with Crippen LogP contribution < -0.4 is 5.32 Å². The number of piperidine rings is 1. The lowest BCUT2D eigenvalue weighted by Gasteiger charge is -2.31. The van der Waals surface area contributed by atoms with Gasteiger partial charge in [-0.3, -0.25) is 4.79 Å². The molecule has 0 aliphatic carbocycles. The van der Waals surface area contributed by atoms with E-state index < -0.39 is 10.0 Å². The molecule has 1 aliphatic heterocycles. The van der Waals surface area contributed by atoms with Gasteiger partial charge in [0.25, 0.3) is 5.91 Å². The van der Waals surface area contributed by atoms with Gasteiger partial charge in [-0.05, 0) is 31.4 Å². The highest BCUT2D eigenvalue weighted by Gasteiger charge is 2.28. The number of aryl methyl sites for hydroxylation is 1. The number of carbonyl (C=O) groups excluding carboxylic acids is 1. The fourth-order valence-corrected chi connectivity index (χ4v) is 6.77. The third kappa shape index (κ3) is 4.45. The van der Waals surface area contributed by atoms with Gasteiger partial charge in [0.2, 0.25) is 10.0 Å². The van der Waals surface area contributed by atoms with Crippen molar-refractivity contribution in [1.29, 1.82) is 0 Å². The Labute approximate surface area is 162 Å². The molecular weight excluding hydrogens is 392 g/mol. The Morgan fingerprint density at radius 1 is 1.31 bits per heavy atom. The Morgan fingerprint density at radius 3 is 2.65 bits per heavy atom. The lowest BCUT2D eigenvalue weighted by molar-refractivity contribution is 0.0928. The van der Waals surface area contributed by atoms with Gasteiger partial charge < -0.3 is 10.1 Å². The average Bonchev–Trinajstić information content (AvgIpc) is 3.19. The molecule has 26 heavy (non-hydrogen) atoms. The Balaban J connectivity index is 1.55. The number of fused-ring (bicyclic) bond motifs is 1. The molecule has 0 radical (unpaired) electrons. The Bertz CT molecular complexity index is 832. The molecule has 6 nitrogen and oxygen atoms in total. The van der Waals surface area contributed by atoms with E-state index in [2.05, 4.69) is 18.3 Å². The Morgan fingerprint density at radius 2 is 2.04 bits per heavy atom. The number of hydrogen-bond acceptors (Lipinski definition) is 6. The van der Waals surface area contributed by atoms with Gasteiger partial charge in [0.1, 0.15) is 0 Å². The molecule has 0 atom stereocenters. The van der Waals surface area contributed by atoms with Crippen LogP contribution in [0, 0.1) is 0 Å². The first-order valence-corrected chi connectivity index (χ1v) is 12.0. The van der Waals surface area contributed by atoms with Crippen LogP contribution in [0.4, 0.5) is 0 Å². The standard InChI is InChI=1S/C17H24N2O4S3/c1-3-14-10-12-11-15(25-17(12)24-14)16(20)18-13-4-6-19(7-5-13)26(21,22)9-8-23-2/h10-11,13H,3-9H2,1-2H3,(H,18,20). The Hall–Kier alpha value is -1.00. The van der Waals surface area contributed by atoms with Gasteiger partial charge in [0.05, 0.1) is 21.3 Å². The van der Waals surface area contributed by atoms with Crippen LogP contribution in [-0.2, 0) is 21.2 Å². The second kappa shape index (κ2) is 8.35. The highest BCUT2D eigenvalue weighted by molar-refractivity contribution is 7.89. The molecule has 0 unspecified atom stereocenters. The van der Waals surface area contributed by atoms with Gasteiger partial charge in [-0.25, -0.2) is 12.7 Å². The smallest absolute Gasteiger partial charge is 0.261 e. The number of hydrogen-bond donors (Lipinski definition) is 1. The third-order valence-corrected chi connectivity index (χ3v) is 8.93. The van der Waals surface area contributed by atoms with Gasteiger partial charge in [0.15, 0.2) is 0 Å². The molecule has 9 heteroatoms. The van der Waals surface area contributed by atoms with Crippen LogP contribution in [0.25, 0.3) is 9.40 Å². The van der Waals surface area contributed by atoms with Crippen molar-refractivity contribution in [3.05, 3.63) is 21.9 Å². The molecule has 1 aliphatic rings. The molecule has 0 aromatic carbocycles. The van der Waals surface area contributed by atoms with Crippen molar-refractivity contribution in [2.75, 3.05) is 32.6 Å². The molecule has 1 saturated heterocycles. The maximum absolute atomic E-state index is 12.5. The monoisotopic (exact) mass is 416 g/mol. The summed E-state index contributed by atoms with van der Waals surface area (Å²) in [5.74, 6) is -0.0520. The largest absolute Gasteiger partial charge is 0.384 e. The van der Waals surface area contributed by atoms with Gasteiger partial charge in [-0.1, -0.05) is 6.92 Å². The molecule has 144 valence electrons. The highest BCUT2D eigenvalue weighted by atomic mass is 32.2. The van der Waals surface area contributed by atoms with Crippen molar-refractivity contribution < 1.29 is 17.9 Å². The summed E-state index contributed by atoms with van der Waals surface area (Å²) in [4.78, 5) is 14.6. The fourth-order valence-electron chi connectivity index (χ4n) is 3.03. The van der Waals surface area contributed by atoms with Crippen LogP contribution in [0.3, 0.4) is 0 Å². The molecule has 1 amide bonds. The summed E-state index contributed by atoms with van der Waals surface area (Å²) in [5.41, 5.74) is 0. The van der Waals surface area contributed by atoms with Crippen molar-refractivity contribution in [2.45, 2.75) is 32.2 Å². The van der Waals surface area contributed by atoms with Crippen LogP contribution in [0.2, 0.25) is 0 Å². The zero-order valence-electron chi connectivity index (χ0n) is 15.0. The molecule has 2 aromatic heterocycles. The number of rotatable bonds is 7. The predicted octanol–water partition coefficient (Wildman–Crippen LogP) is 2.70. The van der Waals surface area contributed by atoms with Crippen LogP contribution >= 0.6 is 22.7 Å². The number of nitrogens with one attached hydrogen (secondary N) is 1. The van der Waals surface area contributed by atoms with Crippen molar-refractivity contribution in [1.82, 2.24) is 9.62 Å². The summed E-state index contributed by atoms with van der Waals surface area (Å²) in [7, 11) is -1.77. The minimum atomic E-state index is -3.27. The number of carbonyl (C=O) groups is 1. The molecular formula is C17H24N2O4S3. The number of methoxy groups -OCH3 is 1. The summed E-state index contributed by atoms with van der Waals surface area (Å²) >= 11 is 3.28. The topological polar surface area (TPSA) is 75.7 Å². The van der Waals surface area contributed by atoms with Crippen molar-refractivity contribution in [3.63, 3.8) is 0 Å². The van der Waals surface area contributed by atoms with Crippen LogP contribution in [0.1, 0.15) is 34.3 Å². The second-order valence-corrected chi connectivity index (χ2v) is 10.9. The zero-order chi connectivity index (χ0) is 18.7. The normalized spacial score (nSPS) is 17.0. The number of amides is 1. The van der Waals surface area contributed by atoms with Crippen LogP contribution in [0.5, 0.6) is 0 Å². The molecule has 3 rings (SSSR count). The van der Waals surface area contributed by atoms with E-state index in [1.165, 1.54) is 31.6 Å². The lowest BCUT2D eigenvalue weighted by Crippen LogP contribution is -2.47. The van der Waals surface area contributed by atoms with Gasteiger partial charge in [-0.15, -0.1) is 22.7 Å². The average molecular weight is 417 g/mol. The minimum absolute atomic E-state index is 0.00616. The number of ether oxygens (including phenoxy) is 1. The van der Waals surface area contributed by atoms with Crippen LogP contribution in [0.15, 0.2) is 12.1 Å². The lowest BCUT2D eigenvalue weighted by atomic mass is 10.1.